The van der Waals surface area contributed by atoms with Crippen LogP contribution in [0.25, 0.3) is 0 Å². The van der Waals surface area contributed by atoms with Gasteiger partial charge in [0.2, 0.25) is 0 Å². The molecule has 17 heavy (non-hydrogen) atoms. The molecule has 8 heteroatoms. The molecule has 3 amide bonds. The second-order valence-corrected chi connectivity index (χ2v) is 2.97. The van der Waals surface area contributed by atoms with Gasteiger partial charge in [-0.3, -0.25) is 20.3 Å². The molecule has 0 unspecified atom stereocenters. The van der Waals surface area contributed by atoms with Crippen LogP contribution >= 0.6 is 0 Å². The molecule has 0 fully saturated rings. The Morgan fingerprint density at radius 1 is 1.29 bits per heavy atom. The van der Waals surface area contributed by atoms with Crippen molar-refractivity contribution in [2.45, 2.75) is 0 Å². The zero-order valence-corrected chi connectivity index (χ0v) is 8.89. The molecule has 0 saturated heterocycles. The lowest BCUT2D eigenvalue weighted by Gasteiger charge is -2.06. The van der Waals surface area contributed by atoms with Crippen LogP contribution in [0.1, 0.15) is 10.4 Å². The Morgan fingerprint density at radius 2 is 2.00 bits per heavy atom. The van der Waals surface area contributed by atoms with Crippen molar-refractivity contribution >= 4 is 17.6 Å². The predicted octanol–water partition coefficient (Wildman–Crippen LogP) is 0.169. The van der Waals surface area contributed by atoms with Crippen molar-refractivity contribution in [2.24, 2.45) is 0 Å². The fourth-order valence-corrected chi connectivity index (χ4v) is 1.01. The van der Waals surface area contributed by atoms with Crippen molar-refractivity contribution in [1.82, 2.24) is 16.2 Å². The van der Waals surface area contributed by atoms with E-state index in [0.29, 0.717) is 0 Å². The van der Waals surface area contributed by atoms with Gasteiger partial charge in [-0.05, 0) is 6.07 Å². The third kappa shape index (κ3) is 3.45. The van der Waals surface area contributed by atoms with Gasteiger partial charge in [0.1, 0.15) is 0 Å². The van der Waals surface area contributed by atoms with E-state index in [1.165, 1.54) is 25.2 Å². The molecule has 0 aliphatic heterocycles. The summed E-state index contributed by atoms with van der Waals surface area (Å²) < 4.78 is 0. The average molecular weight is 238 g/mol. The predicted molar refractivity (Wildman–Crippen MR) is 58.2 cm³/mol. The maximum absolute atomic E-state index is 11.5. The van der Waals surface area contributed by atoms with Crippen molar-refractivity contribution < 1.29 is 14.5 Å². The minimum absolute atomic E-state index is 0.0793. The van der Waals surface area contributed by atoms with E-state index in [2.05, 4.69) is 16.2 Å². The molecule has 8 nitrogen and oxygen atoms in total. The van der Waals surface area contributed by atoms with E-state index in [1.54, 1.807) is 0 Å². The van der Waals surface area contributed by atoms with Crippen molar-refractivity contribution in [3.8, 4) is 0 Å². The summed E-state index contributed by atoms with van der Waals surface area (Å²) in [5.41, 5.74) is 4.03. The number of carbonyl (C=O) groups is 2. The summed E-state index contributed by atoms with van der Waals surface area (Å²) in [5.74, 6) is -0.641. The smallest absolute Gasteiger partial charge is 0.333 e. The standard InChI is InChI=1S/C9H10N4O4/c1-10-9(15)12-11-8(14)6-3-2-4-7(5-6)13(16)17/h2-5H,1H3,(H,11,14)(H2,10,12,15). The van der Waals surface area contributed by atoms with E-state index in [-0.39, 0.29) is 11.3 Å². The fourth-order valence-electron chi connectivity index (χ4n) is 1.01. The lowest BCUT2D eigenvalue weighted by Crippen LogP contribution is -2.45. The second kappa shape index (κ2) is 5.45. The Hall–Kier alpha value is -2.64. The number of benzene rings is 1. The van der Waals surface area contributed by atoms with Gasteiger partial charge in [0, 0.05) is 24.7 Å². The molecule has 0 aromatic heterocycles. The quantitative estimate of drug-likeness (QED) is 0.503. The number of nitro groups is 1. The number of hydrogen-bond donors (Lipinski definition) is 3. The Morgan fingerprint density at radius 3 is 2.59 bits per heavy atom. The highest BCUT2D eigenvalue weighted by atomic mass is 16.6. The van der Waals surface area contributed by atoms with Crippen LogP contribution in [0.4, 0.5) is 10.5 Å². The number of urea groups is 1. The van der Waals surface area contributed by atoms with E-state index in [0.717, 1.165) is 6.07 Å². The molecule has 0 heterocycles. The van der Waals surface area contributed by atoms with E-state index >= 15 is 0 Å². The molecular formula is C9H10N4O4. The zero-order valence-electron chi connectivity index (χ0n) is 8.89. The topological polar surface area (TPSA) is 113 Å². The number of carbonyl (C=O) groups excluding carboxylic acids is 2. The second-order valence-electron chi connectivity index (χ2n) is 2.97. The number of nitrogens with zero attached hydrogens (tertiary/aromatic N) is 1. The third-order valence-electron chi connectivity index (χ3n) is 1.84. The minimum Gasteiger partial charge on any atom is -0.340 e. The van der Waals surface area contributed by atoms with Crippen molar-refractivity contribution in [2.75, 3.05) is 7.05 Å². The Labute approximate surface area is 96.1 Å². The molecular weight excluding hydrogens is 228 g/mol. The molecule has 0 bridgehead atoms. The van der Waals surface area contributed by atoms with E-state index in [1.807, 2.05) is 0 Å². The molecule has 1 aromatic carbocycles. The molecule has 0 aliphatic carbocycles. The Kier molecular flexibility index (Phi) is 3.98. The van der Waals surface area contributed by atoms with Crippen LogP contribution in [0.3, 0.4) is 0 Å². The van der Waals surface area contributed by atoms with Gasteiger partial charge in [-0.25, -0.2) is 10.2 Å². The summed E-state index contributed by atoms with van der Waals surface area (Å²) in [6.07, 6.45) is 0. The first kappa shape index (κ1) is 12.4. The molecule has 3 N–H and O–H groups in total. The number of hydrazine groups is 1. The van der Waals surface area contributed by atoms with Gasteiger partial charge >= 0.3 is 6.03 Å². The maximum Gasteiger partial charge on any atom is 0.333 e. The first-order valence-corrected chi connectivity index (χ1v) is 4.57. The highest BCUT2D eigenvalue weighted by molar-refractivity contribution is 5.95. The highest BCUT2D eigenvalue weighted by Crippen LogP contribution is 2.12. The van der Waals surface area contributed by atoms with Gasteiger partial charge in [-0.15, -0.1) is 0 Å². The summed E-state index contributed by atoms with van der Waals surface area (Å²) >= 11 is 0. The molecule has 0 spiro atoms. The van der Waals surface area contributed by atoms with Crippen LogP contribution in [0.5, 0.6) is 0 Å². The summed E-state index contributed by atoms with van der Waals surface area (Å²) in [7, 11) is 1.38. The summed E-state index contributed by atoms with van der Waals surface area (Å²) in [5, 5.41) is 12.7. The van der Waals surface area contributed by atoms with E-state index in [9.17, 15) is 19.7 Å². The van der Waals surface area contributed by atoms with Crippen LogP contribution < -0.4 is 16.2 Å². The molecule has 1 rings (SSSR count). The van der Waals surface area contributed by atoms with Gasteiger partial charge in [-0.1, -0.05) is 6.07 Å². The van der Waals surface area contributed by atoms with Crippen LogP contribution in [-0.4, -0.2) is 23.9 Å². The first-order chi connectivity index (χ1) is 8.04. The van der Waals surface area contributed by atoms with Crippen molar-refractivity contribution in [1.29, 1.82) is 0 Å². The Balaban J connectivity index is 2.72. The molecule has 0 atom stereocenters. The average Bonchev–Trinajstić information content (AvgIpc) is 2.35. The zero-order chi connectivity index (χ0) is 12.8. The molecule has 1 aromatic rings. The maximum atomic E-state index is 11.5. The van der Waals surface area contributed by atoms with Crippen molar-refractivity contribution in [3.63, 3.8) is 0 Å². The van der Waals surface area contributed by atoms with Gasteiger partial charge in [0.25, 0.3) is 11.6 Å². The number of nitrogens with one attached hydrogen (secondary N) is 3. The van der Waals surface area contributed by atoms with Gasteiger partial charge < -0.3 is 5.32 Å². The summed E-state index contributed by atoms with van der Waals surface area (Å²) in [6.45, 7) is 0. The Bertz CT molecular complexity index is 460. The highest BCUT2D eigenvalue weighted by Gasteiger charge is 2.11. The summed E-state index contributed by atoms with van der Waals surface area (Å²) in [6, 6.07) is 4.56. The van der Waals surface area contributed by atoms with Crippen LogP contribution in [0, 0.1) is 10.1 Å². The first-order valence-electron chi connectivity index (χ1n) is 4.57. The number of nitro benzene ring substituents is 1. The lowest BCUT2D eigenvalue weighted by atomic mass is 10.2. The molecule has 90 valence electrons. The van der Waals surface area contributed by atoms with Crippen LogP contribution in [0.2, 0.25) is 0 Å². The lowest BCUT2D eigenvalue weighted by molar-refractivity contribution is -0.384. The normalized spacial score (nSPS) is 9.24. The summed E-state index contributed by atoms with van der Waals surface area (Å²) in [4.78, 5) is 32.1. The van der Waals surface area contributed by atoms with Gasteiger partial charge in [-0.2, -0.15) is 0 Å². The largest absolute Gasteiger partial charge is 0.340 e. The SMILES string of the molecule is CNC(=O)NNC(=O)c1cccc([N+](=O)[O-])c1. The van der Waals surface area contributed by atoms with Gasteiger partial charge in [0.05, 0.1) is 4.92 Å². The van der Waals surface area contributed by atoms with Gasteiger partial charge in [0.15, 0.2) is 0 Å². The number of rotatable bonds is 2. The number of non-ortho nitro benzene ring substituents is 1. The number of hydrogen-bond acceptors (Lipinski definition) is 4. The number of amides is 3. The minimum atomic E-state index is -0.641. The monoisotopic (exact) mass is 238 g/mol. The van der Waals surface area contributed by atoms with E-state index in [4.69, 9.17) is 0 Å². The van der Waals surface area contributed by atoms with E-state index < -0.39 is 16.9 Å². The molecule has 0 saturated carbocycles. The fraction of sp³-hybridized carbons (Fsp3) is 0.111. The van der Waals surface area contributed by atoms with Crippen molar-refractivity contribution in [3.05, 3.63) is 39.9 Å². The van der Waals surface area contributed by atoms with Crippen LogP contribution in [0.15, 0.2) is 24.3 Å². The molecule has 0 radical (unpaired) electrons. The van der Waals surface area contributed by atoms with Crippen LogP contribution in [-0.2, 0) is 0 Å². The molecule has 0 aliphatic rings. The third-order valence-corrected chi connectivity index (χ3v) is 1.84.